The second-order valence-corrected chi connectivity index (χ2v) is 5.16. The molecule has 0 fully saturated rings. The molecule has 0 radical (unpaired) electrons. The van der Waals surface area contributed by atoms with Crippen LogP contribution in [-0.4, -0.2) is 17.5 Å². The summed E-state index contributed by atoms with van der Waals surface area (Å²) in [5.41, 5.74) is -1.09. The molecular weight excluding hydrogens is 343 g/mol. The van der Waals surface area contributed by atoms with Gasteiger partial charge in [0, 0.05) is 17.9 Å². The van der Waals surface area contributed by atoms with Gasteiger partial charge in [0.2, 0.25) is 5.91 Å². The largest absolute Gasteiger partial charge is 0.434 e. The molecule has 1 aromatic carbocycles. The number of halogens is 5. The van der Waals surface area contributed by atoms with Gasteiger partial charge in [-0.2, -0.15) is 22.0 Å². The minimum atomic E-state index is -4.86. The fourth-order valence-corrected chi connectivity index (χ4v) is 2.49. The maximum absolute atomic E-state index is 13.0. The Morgan fingerprint density at radius 3 is 2.61 bits per heavy atom. The third-order valence-electron chi connectivity index (χ3n) is 2.58. The maximum Gasteiger partial charge on any atom is 0.419 e. The van der Waals surface area contributed by atoms with Gasteiger partial charge in [-0.3, -0.25) is 4.79 Å². The first-order chi connectivity index (χ1) is 10.7. The standard InChI is InChI=1S/C13H9F5N2O2S/c1-6(21)19-12-20-9(5-23-12)7-2-3-10(22-11(14)15)8(4-7)13(16,17)18/h2-5,11H,1H3,(H,19,20,21). The lowest BCUT2D eigenvalue weighted by Crippen LogP contribution is -2.11. The molecule has 1 aromatic heterocycles. The summed E-state index contributed by atoms with van der Waals surface area (Å²) in [4.78, 5) is 14.9. The van der Waals surface area contributed by atoms with E-state index in [0.717, 1.165) is 17.4 Å². The summed E-state index contributed by atoms with van der Waals surface area (Å²) in [6.45, 7) is -2.10. The average Bonchev–Trinajstić information content (AvgIpc) is 2.84. The molecule has 4 nitrogen and oxygen atoms in total. The summed E-state index contributed by atoms with van der Waals surface area (Å²) in [6, 6.07) is 2.66. The van der Waals surface area contributed by atoms with Crippen LogP contribution < -0.4 is 10.1 Å². The van der Waals surface area contributed by atoms with Gasteiger partial charge in [0.1, 0.15) is 5.75 Å². The quantitative estimate of drug-likeness (QED) is 0.831. The molecule has 23 heavy (non-hydrogen) atoms. The number of thiazole rings is 1. The van der Waals surface area contributed by atoms with Crippen molar-refractivity contribution in [3.05, 3.63) is 29.1 Å². The van der Waals surface area contributed by atoms with Crippen LogP contribution in [0.15, 0.2) is 23.6 Å². The van der Waals surface area contributed by atoms with Crippen LogP contribution >= 0.6 is 11.3 Å². The zero-order valence-corrected chi connectivity index (χ0v) is 12.3. The van der Waals surface area contributed by atoms with Crippen molar-refractivity contribution in [1.29, 1.82) is 0 Å². The van der Waals surface area contributed by atoms with Gasteiger partial charge in [0.05, 0.1) is 11.3 Å². The van der Waals surface area contributed by atoms with Crippen molar-refractivity contribution in [2.45, 2.75) is 19.7 Å². The van der Waals surface area contributed by atoms with E-state index < -0.39 is 24.1 Å². The Hall–Kier alpha value is -2.23. The molecule has 0 spiro atoms. The first-order valence-electron chi connectivity index (χ1n) is 6.06. The molecular formula is C13H9F5N2O2S. The van der Waals surface area contributed by atoms with E-state index >= 15 is 0 Å². The van der Waals surface area contributed by atoms with Crippen LogP contribution in [0.4, 0.5) is 27.1 Å². The fraction of sp³-hybridized carbons (Fsp3) is 0.231. The molecule has 0 bridgehead atoms. The van der Waals surface area contributed by atoms with Crippen molar-refractivity contribution in [2.24, 2.45) is 0 Å². The third kappa shape index (κ3) is 4.38. The number of alkyl halides is 5. The number of nitrogens with one attached hydrogen (secondary N) is 1. The van der Waals surface area contributed by atoms with Crippen LogP contribution in [0.5, 0.6) is 5.75 Å². The van der Waals surface area contributed by atoms with E-state index in [0.29, 0.717) is 6.07 Å². The smallest absolute Gasteiger partial charge is 0.419 e. The summed E-state index contributed by atoms with van der Waals surface area (Å²) in [5, 5.41) is 4.06. The summed E-state index contributed by atoms with van der Waals surface area (Å²) >= 11 is 1.03. The average molecular weight is 352 g/mol. The van der Waals surface area contributed by atoms with Gasteiger partial charge in [0.25, 0.3) is 0 Å². The topological polar surface area (TPSA) is 51.2 Å². The molecule has 0 saturated heterocycles. The number of hydrogen-bond donors (Lipinski definition) is 1. The number of nitrogens with zero attached hydrogens (tertiary/aromatic N) is 1. The molecule has 124 valence electrons. The molecule has 2 rings (SSSR count). The predicted molar refractivity (Wildman–Crippen MR) is 73.5 cm³/mol. The minimum absolute atomic E-state index is 0.0618. The number of anilines is 1. The van der Waals surface area contributed by atoms with E-state index in [1.54, 1.807) is 0 Å². The van der Waals surface area contributed by atoms with Crippen molar-refractivity contribution in [3.63, 3.8) is 0 Å². The molecule has 0 atom stereocenters. The van der Waals surface area contributed by atoms with E-state index in [4.69, 9.17) is 0 Å². The first kappa shape index (κ1) is 17.1. The Labute approximate surface area is 130 Å². The highest BCUT2D eigenvalue weighted by Crippen LogP contribution is 2.39. The highest BCUT2D eigenvalue weighted by molar-refractivity contribution is 7.14. The molecule has 0 saturated carbocycles. The van der Waals surface area contributed by atoms with Gasteiger partial charge >= 0.3 is 12.8 Å². The van der Waals surface area contributed by atoms with Crippen molar-refractivity contribution >= 4 is 22.4 Å². The van der Waals surface area contributed by atoms with Crippen molar-refractivity contribution in [3.8, 4) is 17.0 Å². The van der Waals surface area contributed by atoms with Gasteiger partial charge in [-0.1, -0.05) is 0 Å². The normalized spacial score (nSPS) is 11.6. The number of aromatic nitrogens is 1. The lowest BCUT2D eigenvalue weighted by molar-refractivity contribution is -0.141. The van der Waals surface area contributed by atoms with E-state index in [9.17, 15) is 26.7 Å². The zero-order valence-electron chi connectivity index (χ0n) is 11.4. The van der Waals surface area contributed by atoms with Crippen molar-refractivity contribution in [1.82, 2.24) is 4.98 Å². The van der Waals surface area contributed by atoms with Gasteiger partial charge < -0.3 is 10.1 Å². The van der Waals surface area contributed by atoms with Crippen LogP contribution in [0.3, 0.4) is 0 Å². The second-order valence-electron chi connectivity index (χ2n) is 4.31. The highest BCUT2D eigenvalue weighted by Gasteiger charge is 2.35. The molecule has 10 heteroatoms. The van der Waals surface area contributed by atoms with Gasteiger partial charge in [-0.25, -0.2) is 4.98 Å². The van der Waals surface area contributed by atoms with Crippen LogP contribution in [0.1, 0.15) is 12.5 Å². The molecule has 1 amide bonds. The lowest BCUT2D eigenvalue weighted by Gasteiger charge is -2.14. The van der Waals surface area contributed by atoms with E-state index in [1.807, 2.05) is 0 Å². The Bertz CT molecular complexity index is 715. The Morgan fingerprint density at radius 2 is 2.04 bits per heavy atom. The second kappa shape index (κ2) is 6.49. The van der Waals surface area contributed by atoms with Crippen molar-refractivity contribution < 1.29 is 31.5 Å². The summed E-state index contributed by atoms with van der Waals surface area (Å²) in [5.74, 6) is -1.34. The van der Waals surface area contributed by atoms with Gasteiger partial charge in [0.15, 0.2) is 5.13 Å². The van der Waals surface area contributed by atoms with Crippen molar-refractivity contribution in [2.75, 3.05) is 5.32 Å². The highest BCUT2D eigenvalue weighted by atomic mass is 32.1. The van der Waals surface area contributed by atoms with Gasteiger partial charge in [-0.05, 0) is 18.2 Å². The first-order valence-corrected chi connectivity index (χ1v) is 6.94. The zero-order chi connectivity index (χ0) is 17.2. The summed E-state index contributed by atoms with van der Waals surface area (Å²) in [7, 11) is 0. The fourth-order valence-electron chi connectivity index (χ4n) is 1.72. The van der Waals surface area contributed by atoms with E-state index in [2.05, 4.69) is 15.0 Å². The number of ether oxygens (including phenoxy) is 1. The number of rotatable bonds is 4. The molecule has 0 aliphatic carbocycles. The Balaban J connectivity index is 2.40. The van der Waals surface area contributed by atoms with E-state index in [-0.39, 0.29) is 22.3 Å². The molecule has 1 N–H and O–H groups in total. The summed E-state index contributed by atoms with van der Waals surface area (Å²) in [6.07, 6.45) is -4.86. The Morgan fingerprint density at radius 1 is 1.35 bits per heavy atom. The molecule has 2 aromatic rings. The van der Waals surface area contributed by atoms with E-state index in [1.165, 1.54) is 18.4 Å². The monoisotopic (exact) mass is 352 g/mol. The molecule has 1 heterocycles. The van der Waals surface area contributed by atoms with Crippen LogP contribution in [0.2, 0.25) is 0 Å². The number of hydrogen-bond acceptors (Lipinski definition) is 4. The number of amides is 1. The molecule has 0 aliphatic heterocycles. The number of carbonyl (C=O) groups excluding carboxylic acids is 1. The van der Waals surface area contributed by atoms with Gasteiger partial charge in [-0.15, -0.1) is 11.3 Å². The SMILES string of the molecule is CC(=O)Nc1nc(-c2ccc(OC(F)F)c(C(F)(F)F)c2)cs1. The lowest BCUT2D eigenvalue weighted by atomic mass is 10.1. The third-order valence-corrected chi connectivity index (χ3v) is 3.34. The predicted octanol–water partition coefficient (Wildman–Crippen LogP) is 4.39. The minimum Gasteiger partial charge on any atom is -0.434 e. The molecule has 0 aliphatic rings. The summed E-state index contributed by atoms with van der Waals surface area (Å²) < 4.78 is 67.2. The molecule has 0 unspecified atom stereocenters. The van der Waals surface area contributed by atoms with Crippen LogP contribution in [-0.2, 0) is 11.0 Å². The van der Waals surface area contributed by atoms with Crippen LogP contribution in [0.25, 0.3) is 11.3 Å². The Kier molecular flexibility index (Phi) is 4.83. The number of carbonyl (C=O) groups is 1. The maximum atomic E-state index is 13.0. The van der Waals surface area contributed by atoms with Crippen LogP contribution in [0, 0.1) is 0 Å². The number of benzene rings is 1.